The van der Waals surface area contributed by atoms with Crippen LogP contribution in [0.2, 0.25) is 0 Å². The van der Waals surface area contributed by atoms with E-state index in [1.54, 1.807) is 11.3 Å². The Morgan fingerprint density at radius 3 is 3.07 bits per heavy atom. The van der Waals surface area contributed by atoms with Crippen molar-refractivity contribution < 1.29 is 4.74 Å². The molecule has 0 aliphatic carbocycles. The first kappa shape index (κ1) is 10.1. The second kappa shape index (κ2) is 4.43. The maximum absolute atomic E-state index is 5.87. The van der Waals surface area contributed by atoms with Crippen molar-refractivity contribution in [1.82, 2.24) is 5.32 Å². The van der Waals surface area contributed by atoms with Gasteiger partial charge >= 0.3 is 0 Å². The molecule has 14 heavy (non-hydrogen) atoms. The molecule has 2 nitrogen and oxygen atoms in total. The Bertz CT molecular complexity index is 273. The Kier molecular flexibility index (Phi) is 3.21. The van der Waals surface area contributed by atoms with Crippen LogP contribution in [-0.2, 0) is 4.74 Å². The summed E-state index contributed by atoms with van der Waals surface area (Å²) in [5.41, 5.74) is 1.31. The van der Waals surface area contributed by atoms with Crippen LogP contribution in [-0.4, -0.2) is 18.7 Å². The lowest BCUT2D eigenvalue weighted by Crippen LogP contribution is -2.36. The zero-order valence-electron chi connectivity index (χ0n) is 8.69. The first-order valence-corrected chi connectivity index (χ1v) is 6.11. The van der Waals surface area contributed by atoms with Crippen LogP contribution < -0.4 is 5.32 Å². The van der Waals surface area contributed by atoms with Gasteiger partial charge in [-0.05, 0) is 42.7 Å². The molecule has 3 heteroatoms. The predicted molar refractivity (Wildman–Crippen MR) is 59.7 cm³/mol. The minimum Gasteiger partial charge on any atom is -0.372 e. The van der Waals surface area contributed by atoms with Crippen LogP contribution in [0.3, 0.4) is 0 Å². The highest BCUT2D eigenvalue weighted by Crippen LogP contribution is 2.26. The molecule has 1 saturated heterocycles. The quantitative estimate of drug-likeness (QED) is 0.771. The highest BCUT2D eigenvalue weighted by molar-refractivity contribution is 7.07. The van der Waals surface area contributed by atoms with Crippen molar-refractivity contribution in [3.63, 3.8) is 0 Å². The van der Waals surface area contributed by atoms with E-state index in [1.807, 2.05) is 0 Å². The molecule has 0 bridgehead atoms. The average molecular weight is 211 g/mol. The third-order valence-electron chi connectivity index (χ3n) is 2.72. The second-order valence-corrected chi connectivity index (χ2v) is 4.77. The van der Waals surface area contributed by atoms with E-state index in [9.17, 15) is 0 Å². The van der Waals surface area contributed by atoms with Gasteiger partial charge in [-0.3, -0.25) is 0 Å². The summed E-state index contributed by atoms with van der Waals surface area (Å²) in [5, 5.41) is 7.85. The van der Waals surface area contributed by atoms with Gasteiger partial charge < -0.3 is 10.1 Å². The molecular weight excluding hydrogens is 194 g/mol. The maximum Gasteiger partial charge on any atom is 0.0983 e. The van der Waals surface area contributed by atoms with E-state index in [0.717, 1.165) is 13.0 Å². The zero-order valence-corrected chi connectivity index (χ0v) is 9.51. The lowest BCUT2D eigenvalue weighted by atomic mass is 10.1. The minimum absolute atomic E-state index is 0.228. The Morgan fingerprint density at radius 2 is 2.36 bits per heavy atom. The summed E-state index contributed by atoms with van der Waals surface area (Å²) in [7, 11) is 0. The molecule has 78 valence electrons. The summed E-state index contributed by atoms with van der Waals surface area (Å²) in [6.07, 6.45) is 1.33. The number of rotatable bonds is 1. The fourth-order valence-electron chi connectivity index (χ4n) is 1.96. The lowest BCUT2D eigenvalue weighted by Gasteiger charge is -2.22. The van der Waals surface area contributed by atoms with Crippen molar-refractivity contribution in [2.45, 2.75) is 38.5 Å². The van der Waals surface area contributed by atoms with Crippen molar-refractivity contribution in [3.05, 3.63) is 22.4 Å². The summed E-state index contributed by atoms with van der Waals surface area (Å²) in [6.45, 7) is 5.28. The van der Waals surface area contributed by atoms with E-state index < -0.39 is 0 Å². The monoisotopic (exact) mass is 211 g/mol. The zero-order chi connectivity index (χ0) is 9.97. The molecule has 1 fully saturated rings. The Labute approximate surface area is 89.3 Å². The van der Waals surface area contributed by atoms with Gasteiger partial charge in [-0.1, -0.05) is 0 Å². The van der Waals surface area contributed by atoms with Gasteiger partial charge in [0.05, 0.1) is 6.10 Å². The van der Waals surface area contributed by atoms with Gasteiger partial charge in [0.1, 0.15) is 0 Å². The number of ether oxygens (including phenoxy) is 1. The summed E-state index contributed by atoms with van der Waals surface area (Å²) in [6, 6.07) is 3.12. The summed E-state index contributed by atoms with van der Waals surface area (Å²) in [5.74, 6) is 0. The first-order valence-electron chi connectivity index (χ1n) is 5.17. The molecule has 0 radical (unpaired) electrons. The number of nitrogens with one attached hydrogen (secondary N) is 1. The molecule has 2 heterocycles. The van der Waals surface area contributed by atoms with Crippen molar-refractivity contribution in [2.24, 2.45) is 0 Å². The van der Waals surface area contributed by atoms with Crippen LogP contribution >= 0.6 is 11.3 Å². The van der Waals surface area contributed by atoms with Gasteiger partial charge in [-0.25, -0.2) is 0 Å². The molecule has 2 rings (SSSR count). The summed E-state index contributed by atoms with van der Waals surface area (Å²) >= 11 is 1.74. The van der Waals surface area contributed by atoms with E-state index in [4.69, 9.17) is 4.74 Å². The first-order chi connectivity index (χ1) is 6.77. The van der Waals surface area contributed by atoms with Gasteiger partial charge in [-0.2, -0.15) is 11.3 Å². The van der Waals surface area contributed by atoms with Crippen LogP contribution in [0.1, 0.15) is 31.9 Å². The average Bonchev–Trinajstić information content (AvgIpc) is 2.59. The van der Waals surface area contributed by atoms with E-state index >= 15 is 0 Å². The largest absolute Gasteiger partial charge is 0.372 e. The highest BCUT2D eigenvalue weighted by Gasteiger charge is 2.24. The Balaban J connectivity index is 2.11. The van der Waals surface area contributed by atoms with Gasteiger partial charge in [0.25, 0.3) is 0 Å². The summed E-state index contributed by atoms with van der Waals surface area (Å²) < 4.78 is 5.87. The molecule has 3 unspecified atom stereocenters. The molecule has 0 amide bonds. The summed E-state index contributed by atoms with van der Waals surface area (Å²) in [4.78, 5) is 0. The lowest BCUT2D eigenvalue weighted by molar-refractivity contribution is 0.0464. The SMILES string of the molecule is CC1CCOC(c2ccsc2)C(C)N1. The number of thiophene rings is 1. The number of hydrogen-bond acceptors (Lipinski definition) is 3. The molecule has 0 saturated carbocycles. The molecule has 1 aromatic heterocycles. The normalized spacial score (nSPS) is 34.0. The minimum atomic E-state index is 0.228. The molecule has 1 aromatic rings. The third kappa shape index (κ3) is 2.16. The van der Waals surface area contributed by atoms with Crippen molar-refractivity contribution >= 4 is 11.3 Å². The molecular formula is C11H17NOS. The van der Waals surface area contributed by atoms with Gasteiger partial charge in [0.15, 0.2) is 0 Å². The van der Waals surface area contributed by atoms with Crippen molar-refractivity contribution in [2.75, 3.05) is 6.61 Å². The van der Waals surface area contributed by atoms with Crippen LogP contribution in [0.25, 0.3) is 0 Å². The van der Waals surface area contributed by atoms with Crippen LogP contribution in [0.5, 0.6) is 0 Å². The molecule has 1 aliphatic heterocycles. The fraction of sp³-hybridized carbons (Fsp3) is 0.636. The molecule has 0 aromatic carbocycles. The molecule has 3 atom stereocenters. The van der Waals surface area contributed by atoms with Crippen LogP contribution in [0.4, 0.5) is 0 Å². The van der Waals surface area contributed by atoms with Crippen LogP contribution in [0, 0.1) is 0 Å². The molecule has 1 N–H and O–H groups in total. The van der Waals surface area contributed by atoms with Crippen molar-refractivity contribution in [3.8, 4) is 0 Å². The maximum atomic E-state index is 5.87. The highest BCUT2D eigenvalue weighted by atomic mass is 32.1. The van der Waals surface area contributed by atoms with E-state index in [0.29, 0.717) is 12.1 Å². The van der Waals surface area contributed by atoms with E-state index in [-0.39, 0.29) is 6.10 Å². The van der Waals surface area contributed by atoms with Gasteiger partial charge in [0.2, 0.25) is 0 Å². The Morgan fingerprint density at radius 1 is 1.50 bits per heavy atom. The van der Waals surface area contributed by atoms with E-state index in [2.05, 4.69) is 36.0 Å². The topological polar surface area (TPSA) is 21.3 Å². The Hall–Kier alpha value is -0.380. The smallest absolute Gasteiger partial charge is 0.0983 e. The molecule has 1 aliphatic rings. The van der Waals surface area contributed by atoms with Crippen molar-refractivity contribution in [1.29, 1.82) is 0 Å². The standard InChI is InChI=1S/C11H17NOS/c1-8-3-5-13-11(9(2)12-8)10-4-6-14-7-10/h4,6-9,11-12H,3,5H2,1-2H3. The number of hydrogen-bond donors (Lipinski definition) is 1. The van der Waals surface area contributed by atoms with Gasteiger partial charge in [0, 0.05) is 18.7 Å². The third-order valence-corrected chi connectivity index (χ3v) is 3.42. The van der Waals surface area contributed by atoms with E-state index in [1.165, 1.54) is 5.56 Å². The molecule has 0 spiro atoms. The second-order valence-electron chi connectivity index (χ2n) is 3.99. The fourth-order valence-corrected chi connectivity index (χ4v) is 2.64. The predicted octanol–water partition coefficient (Wildman–Crippen LogP) is 2.58. The van der Waals surface area contributed by atoms with Crippen LogP contribution in [0.15, 0.2) is 16.8 Å². The van der Waals surface area contributed by atoms with Gasteiger partial charge in [-0.15, -0.1) is 0 Å².